The van der Waals surface area contributed by atoms with Crippen molar-refractivity contribution in [1.82, 2.24) is 0 Å². The lowest BCUT2D eigenvalue weighted by Gasteiger charge is -2.37. The Morgan fingerprint density at radius 2 is 2.26 bits per heavy atom. The monoisotopic (exact) mass is 325 g/mol. The quantitative estimate of drug-likeness (QED) is 0.902. The number of rotatable bonds is 2. The second-order valence-electron chi connectivity index (χ2n) is 5.63. The van der Waals surface area contributed by atoms with Gasteiger partial charge in [0.1, 0.15) is 0 Å². The maximum absolute atomic E-state index is 5.96. The van der Waals surface area contributed by atoms with Gasteiger partial charge in [-0.2, -0.15) is 0 Å². The summed E-state index contributed by atoms with van der Waals surface area (Å²) in [4.78, 5) is 0. The SMILES string of the molecule is Cc1cc(NC2CCOC3(CCOC3)C2)ccc1Br. The van der Waals surface area contributed by atoms with Crippen LogP contribution in [0.3, 0.4) is 0 Å². The molecule has 1 N–H and O–H groups in total. The number of aryl methyl sites for hydroxylation is 1. The van der Waals surface area contributed by atoms with Crippen LogP contribution in [0, 0.1) is 6.92 Å². The molecule has 2 fully saturated rings. The standard InChI is InChI=1S/C15H20BrNO2/c1-11-8-12(2-3-14(11)16)17-13-4-6-19-15(9-13)5-7-18-10-15/h2-3,8,13,17H,4-7,9-10H2,1H3. The molecule has 0 bridgehead atoms. The molecule has 1 aromatic rings. The number of benzene rings is 1. The van der Waals surface area contributed by atoms with Gasteiger partial charge < -0.3 is 14.8 Å². The van der Waals surface area contributed by atoms with Crippen LogP contribution in [-0.2, 0) is 9.47 Å². The largest absolute Gasteiger partial charge is 0.382 e. The zero-order valence-corrected chi connectivity index (χ0v) is 12.8. The Balaban J connectivity index is 1.67. The lowest BCUT2D eigenvalue weighted by atomic mass is 9.89. The van der Waals surface area contributed by atoms with Crippen LogP contribution in [0.25, 0.3) is 0 Å². The van der Waals surface area contributed by atoms with Gasteiger partial charge >= 0.3 is 0 Å². The molecule has 0 radical (unpaired) electrons. The summed E-state index contributed by atoms with van der Waals surface area (Å²) in [6.45, 7) is 4.54. The fraction of sp³-hybridized carbons (Fsp3) is 0.600. The van der Waals surface area contributed by atoms with Crippen molar-refractivity contribution in [2.75, 3.05) is 25.1 Å². The molecule has 0 saturated carbocycles. The van der Waals surface area contributed by atoms with E-state index >= 15 is 0 Å². The van der Waals surface area contributed by atoms with E-state index in [2.05, 4.69) is 46.4 Å². The third-order valence-corrected chi connectivity index (χ3v) is 4.98. The summed E-state index contributed by atoms with van der Waals surface area (Å²) >= 11 is 3.54. The number of nitrogens with one attached hydrogen (secondary N) is 1. The van der Waals surface area contributed by atoms with Crippen molar-refractivity contribution in [1.29, 1.82) is 0 Å². The van der Waals surface area contributed by atoms with Gasteiger partial charge in [0.2, 0.25) is 0 Å². The highest BCUT2D eigenvalue weighted by molar-refractivity contribution is 9.10. The van der Waals surface area contributed by atoms with Crippen LogP contribution in [0.1, 0.15) is 24.8 Å². The van der Waals surface area contributed by atoms with Crippen LogP contribution in [0.2, 0.25) is 0 Å². The maximum atomic E-state index is 5.96. The minimum atomic E-state index is -0.0275. The zero-order valence-electron chi connectivity index (χ0n) is 11.2. The molecule has 4 heteroatoms. The number of halogens is 1. The average molecular weight is 326 g/mol. The van der Waals surface area contributed by atoms with E-state index in [1.54, 1.807) is 0 Å². The van der Waals surface area contributed by atoms with Gasteiger partial charge in [-0.1, -0.05) is 15.9 Å². The second kappa shape index (κ2) is 5.43. The average Bonchev–Trinajstić information content (AvgIpc) is 2.82. The second-order valence-corrected chi connectivity index (χ2v) is 6.49. The Bertz CT molecular complexity index is 457. The summed E-state index contributed by atoms with van der Waals surface area (Å²) in [6, 6.07) is 6.91. The number of hydrogen-bond acceptors (Lipinski definition) is 3. The molecule has 2 aliphatic heterocycles. The van der Waals surface area contributed by atoms with Crippen LogP contribution < -0.4 is 5.32 Å². The van der Waals surface area contributed by atoms with E-state index in [4.69, 9.17) is 9.47 Å². The highest BCUT2D eigenvalue weighted by Crippen LogP contribution is 2.34. The number of hydrogen-bond donors (Lipinski definition) is 1. The highest BCUT2D eigenvalue weighted by atomic mass is 79.9. The normalized spacial score (nSPS) is 30.7. The number of anilines is 1. The van der Waals surface area contributed by atoms with Gasteiger partial charge in [0.25, 0.3) is 0 Å². The molecule has 2 atom stereocenters. The molecule has 0 aromatic heterocycles. The lowest BCUT2D eigenvalue weighted by Crippen LogP contribution is -2.44. The van der Waals surface area contributed by atoms with E-state index in [-0.39, 0.29) is 5.60 Å². The van der Waals surface area contributed by atoms with E-state index in [1.807, 2.05) is 0 Å². The van der Waals surface area contributed by atoms with Gasteiger partial charge in [0, 0.05) is 35.8 Å². The van der Waals surface area contributed by atoms with Crippen LogP contribution in [0.5, 0.6) is 0 Å². The van der Waals surface area contributed by atoms with Gasteiger partial charge in [-0.05, 0) is 43.5 Å². The van der Waals surface area contributed by atoms with E-state index < -0.39 is 0 Å². The zero-order chi connectivity index (χ0) is 13.3. The molecular weight excluding hydrogens is 306 g/mol. The Labute approximate surface area is 122 Å². The van der Waals surface area contributed by atoms with Crippen LogP contribution in [0.4, 0.5) is 5.69 Å². The first kappa shape index (κ1) is 13.4. The molecule has 3 rings (SSSR count). The van der Waals surface area contributed by atoms with E-state index in [9.17, 15) is 0 Å². The fourth-order valence-electron chi connectivity index (χ4n) is 2.98. The summed E-state index contributed by atoms with van der Waals surface area (Å²) in [6.07, 6.45) is 3.14. The maximum Gasteiger partial charge on any atom is 0.0956 e. The molecule has 0 amide bonds. The fourth-order valence-corrected chi connectivity index (χ4v) is 3.23. The van der Waals surface area contributed by atoms with Crippen LogP contribution in [0.15, 0.2) is 22.7 Å². The first-order valence-electron chi connectivity index (χ1n) is 6.91. The summed E-state index contributed by atoms with van der Waals surface area (Å²) < 4.78 is 12.6. The van der Waals surface area contributed by atoms with Gasteiger partial charge in [-0.15, -0.1) is 0 Å². The van der Waals surface area contributed by atoms with Gasteiger partial charge in [0.15, 0.2) is 0 Å². The summed E-state index contributed by atoms with van der Waals surface area (Å²) in [5.74, 6) is 0. The Morgan fingerprint density at radius 1 is 1.37 bits per heavy atom. The van der Waals surface area contributed by atoms with Crippen molar-refractivity contribution >= 4 is 21.6 Å². The Kier molecular flexibility index (Phi) is 3.83. The minimum absolute atomic E-state index is 0.0275. The van der Waals surface area contributed by atoms with Gasteiger partial charge in [-0.25, -0.2) is 0 Å². The molecule has 0 aliphatic carbocycles. The van der Waals surface area contributed by atoms with Crippen LogP contribution >= 0.6 is 15.9 Å². The van der Waals surface area contributed by atoms with Crippen molar-refractivity contribution in [2.24, 2.45) is 0 Å². The Morgan fingerprint density at radius 3 is 3.00 bits per heavy atom. The predicted molar refractivity (Wildman–Crippen MR) is 79.6 cm³/mol. The van der Waals surface area contributed by atoms with Crippen molar-refractivity contribution in [3.8, 4) is 0 Å². The smallest absolute Gasteiger partial charge is 0.0956 e. The van der Waals surface area contributed by atoms with Crippen molar-refractivity contribution in [2.45, 2.75) is 37.8 Å². The third kappa shape index (κ3) is 2.96. The molecule has 1 spiro atoms. The van der Waals surface area contributed by atoms with Gasteiger partial charge in [0.05, 0.1) is 12.2 Å². The molecule has 1 aromatic carbocycles. The molecule has 2 saturated heterocycles. The van der Waals surface area contributed by atoms with Crippen molar-refractivity contribution < 1.29 is 9.47 Å². The molecule has 2 aliphatic rings. The summed E-state index contributed by atoms with van der Waals surface area (Å²) in [5, 5.41) is 3.64. The summed E-state index contributed by atoms with van der Waals surface area (Å²) in [5.41, 5.74) is 2.43. The predicted octanol–water partition coefficient (Wildman–Crippen LogP) is 3.51. The topological polar surface area (TPSA) is 30.5 Å². The van der Waals surface area contributed by atoms with Crippen LogP contribution in [-0.4, -0.2) is 31.5 Å². The van der Waals surface area contributed by atoms with Crippen molar-refractivity contribution in [3.63, 3.8) is 0 Å². The lowest BCUT2D eigenvalue weighted by molar-refractivity contribution is -0.0828. The third-order valence-electron chi connectivity index (χ3n) is 4.09. The molecule has 19 heavy (non-hydrogen) atoms. The highest BCUT2D eigenvalue weighted by Gasteiger charge is 2.40. The van der Waals surface area contributed by atoms with E-state index in [0.29, 0.717) is 6.04 Å². The van der Waals surface area contributed by atoms with Crippen molar-refractivity contribution in [3.05, 3.63) is 28.2 Å². The molecular formula is C15H20BrNO2. The summed E-state index contributed by atoms with van der Waals surface area (Å²) in [7, 11) is 0. The number of ether oxygens (including phenoxy) is 2. The first-order valence-corrected chi connectivity index (χ1v) is 7.71. The van der Waals surface area contributed by atoms with E-state index in [0.717, 1.165) is 43.6 Å². The molecule has 3 nitrogen and oxygen atoms in total. The molecule has 2 unspecified atom stereocenters. The molecule has 2 heterocycles. The minimum Gasteiger partial charge on any atom is -0.382 e. The van der Waals surface area contributed by atoms with Gasteiger partial charge in [-0.3, -0.25) is 0 Å². The molecule has 104 valence electrons. The Hall–Kier alpha value is -0.580. The first-order chi connectivity index (χ1) is 9.17. The van der Waals surface area contributed by atoms with E-state index in [1.165, 1.54) is 11.3 Å².